The summed E-state index contributed by atoms with van der Waals surface area (Å²) in [5, 5.41) is 1.05. The number of rotatable bonds is 4. The molecule has 1 fully saturated rings. The molecule has 1 aromatic rings. The zero-order valence-electron chi connectivity index (χ0n) is 12.6. The van der Waals surface area contributed by atoms with E-state index in [-0.39, 0.29) is 5.41 Å². The van der Waals surface area contributed by atoms with Crippen LogP contribution in [-0.4, -0.2) is 11.9 Å². The van der Waals surface area contributed by atoms with Gasteiger partial charge in [-0.1, -0.05) is 55.3 Å². The Bertz CT molecular complexity index is 436. The minimum atomic E-state index is 0.203. The fraction of sp³-hybridized carbons (Fsp3) is 0.647. The second-order valence-electron chi connectivity index (χ2n) is 7.01. The molecule has 0 amide bonds. The quantitative estimate of drug-likeness (QED) is 0.688. The maximum Gasteiger partial charge on any atom is 0.122 e. The first-order chi connectivity index (χ1) is 8.86. The van der Waals surface area contributed by atoms with Gasteiger partial charge in [0, 0.05) is 10.7 Å². The summed E-state index contributed by atoms with van der Waals surface area (Å²) in [6.45, 7) is 9.73. The Hall–Kier alpha value is -0.500. The highest BCUT2D eigenvalue weighted by atomic mass is 79.9. The third kappa shape index (κ3) is 3.34. The van der Waals surface area contributed by atoms with Crippen LogP contribution in [0.5, 0.6) is 5.75 Å². The molecule has 0 bridgehead atoms. The molecule has 0 heterocycles. The van der Waals surface area contributed by atoms with E-state index in [4.69, 9.17) is 4.74 Å². The van der Waals surface area contributed by atoms with Crippen molar-refractivity contribution in [1.29, 1.82) is 0 Å². The number of halogens is 1. The Balaban J connectivity index is 2.05. The lowest BCUT2D eigenvalue weighted by Gasteiger charge is -2.40. The van der Waals surface area contributed by atoms with Crippen molar-refractivity contribution in [3.63, 3.8) is 0 Å². The first kappa shape index (κ1) is 14.9. The Morgan fingerprint density at radius 1 is 1.26 bits per heavy atom. The van der Waals surface area contributed by atoms with Crippen LogP contribution in [0, 0.1) is 12.3 Å². The van der Waals surface area contributed by atoms with Crippen LogP contribution in [0.3, 0.4) is 0 Å². The average molecular weight is 325 g/mol. The van der Waals surface area contributed by atoms with Crippen LogP contribution in [0.1, 0.15) is 51.2 Å². The predicted octanol–water partition coefficient (Wildman–Crippen LogP) is 5.24. The highest BCUT2D eigenvalue weighted by Crippen LogP contribution is 2.43. The number of ether oxygens (including phenoxy) is 1. The van der Waals surface area contributed by atoms with E-state index >= 15 is 0 Å². The maximum absolute atomic E-state index is 6.07. The van der Waals surface area contributed by atoms with Gasteiger partial charge in [0.05, 0.1) is 6.61 Å². The third-order valence-electron chi connectivity index (χ3n) is 4.27. The molecule has 0 saturated heterocycles. The van der Waals surface area contributed by atoms with Crippen LogP contribution in [0.2, 0.25) is 0 Å². The van der Waals surface area contributed by atoms with Crippen LogP contribution in [0.4, 0.5) is 0 Å². The van der Waals surface area contributed by atoms with Crippen molar-refractivity contribution in [2.45, 2.75) is 52.4 Å². The molecule has 1 nitrogen and oxygen atoms in total. The molecule has 19 heavy (non-hydrogen) atoms. The zero-order valence-corrected chi connectivity index (χ0v) is 14.1. The number of alkyl halides is 1. The summed E-state index contributed by atoms with van der Waals surface area (Å²) in [6.07, 6.45) is 3.92. The molecule has 0 radical (unpaired) electrons. The van der Waals surface area contributed by atoms with Gasteiger partial charge >= 0.3 is 0 Å². The highest BCUT2D eigenvalue weighted by molar-refractivity contribution is 9.09. The van der Waals surface area contributed by atoms with Crippen molar-refractivity contribution in [2.24, 2.45) is 5.41 Å². The molecule has 1 saturated carbocycles. The lowest BCUT2D eigenvalue weighted by molar-refractivity contribution is 0.0834. The molecular formula is C17H25BrO. The minimum absolute atomic E-state index is 0.203. The first-order valence-electron chi connectivity index (χ1n) is 7.16. The van der Waals surface area contributed by atoms with Gasteiger partial charge in [-0.15, -0.1) is 0 Å². The van der Waals surface area contributed by atoms with E-state index in [1.54, 1.807) is 0 Å². The fourth-order valence-electron chi connectivity index (χ4n) is 2.50. The van der Waals surface area contributed by atoms with Crippen LogP contribution in [0.25, 0.3) is 0 Å². The summed E-state index contributed by atoms with van der Waals surface area (Å²) in [6, 6.07) is 6.59. The number of hydrogen-bond donors (Lipinski definition) is 0. The summed E-state index contributed by atoms with van der Waals surface area (Å²) < 4.78 is 6.07. The minimum Gasteiger partial charge on any atom is -0.493 e. The number of aryl methyl sites for hydroxylation is 1. The van der Waals surface area contributed by atoms with Gasteiger partial charge in [-0.05, 0) is 42.4 Å². The highest BCUT2D eigenvalue weighted by Gasteiger charge is 2.36. The lowest BCUT2D eigenvalue weighted by Crippen LogP contribution is -2.37. The Labute approximate surface area is 125 Å². The van der Waals surface area contributed by atoms with Crippen LogP contribution in [-0.2, 0) is 5.41 Å². The molecule has 1 aliphatic rings. The summed E-state index contributed by atoms with van der Waals surface area (Å²) in [7, 11) is 0. The van der Waals surface area contributed by atoms with E-state index in [9.17, 15) is 0 Å². The van der Waals surface area contributed by atoms with E-state index in [1.165, 1.54) is 30.4 Å². The smallest absolute Gasteiger partial charge is 0.122 e. The molecule has 2 heteroatoms. The monoisotopic (exact) mass is 324 g/mol. The van der Waals surface area contributed by atoms with Gasteiger partial charge < -0.3 is 4.74 Å². The van der Waals surface area contributed by atoms with Crippen LogP contribution < -0.4 is 4.74 Å². The third-order valence-corrected chi connectivity index (χ3v) is 5.46. The normalized spacial score (nSPS) is 17.9. The summed E-state index contributed by atoms with van der Waals surface area (Å²) in [4.78, 5) is 0. The van der Waals surface area contributed by atoms with Gasteiger partial charge in [-0.3, -0.25) is 0 Å². The fourth-order valence-corrected chi connectivity index (χ4v) is 3.22. The predicted molar refractivity (Wildman–Crippen MR) is 85.5 cm³/mol. The molecule has 0 aromatic heterocycles. The summed E-state index contributed by atoms with van der Waals surface area (Å²) >= 11 is 3.63. The van der Waals surface area contributed by atoms with Crippen molar-refractivity contribution in [3.8, 4) is 5.75 Å². The van der Waals surface area contributed by atoms with Crippen LogP contribution >= 0.6 is 15.9 Å². The largest absolute Gasteiger partial charge is 0.493 e. The Morgan fingerprint density at radius 3 is 2.37 bits per heavy atom. The van der Waals surface area contributed by atoms with E-state index < -0.39 is 0 Å². The molecular weight excluding hydrogens is 300 g/mol. The molecule has 0 spiro atoms. The topological polar surface area (TPSA) is 9.23 Å². The van der Waals surface area contributed by atoms with Crippen molar-refractivity contribution >= 4 is 15.9 Å². The summed E-state index contributed by atoms with van der Waals surface area (Å²) in [5.41, 5.74) is 3.21. The van der Waals surface area contributed by atoms with Crippen molar-refractivity contribution in [3.05, 3.63) is 29.3 Å². The molecule has 0 unspecified atom stereocenters. The molecule has 1 aromatic carbocycles. The first-order valence-corrected chi connectivity index (χ1v) is 8.28. The Morgan fingerprint density at radius 2 is 1.95 bits per heavy atom. The van der Waals surface area contributed by atoms with Crippen molar-refractivity contribution in [1.82, 2.24) is 0 Å². The molecule has 0 atom stereocenters. The molecule has 2 rings (SSSR count). The molecule has 1 aliphatic carbocycles. The molecule has 106 valence electrons. The lowest BCUT2D eigenvalue weighted by atomic mass is 9.71. The SMILES string of the molecule is Cc1cc(C(C)(C)C)ccc1OCC1(CBr)CCC1. The summed E-state index contributed by atoms with van der Waals surface area (Å²) in [5.74, 6) is 1.04. The van der Waals surface area contributed by atoms with E-state index in [2.05, 4.69) is 61.8 Å². The molecule has 0 N–H and O–H groups in total. The second-order valence-corrected chi connectivity index (χ2v) is 7.57. The van der Waals surface area contributed by atoms with Gasteiger partial charge in [0.15, 0.2) is 0 Å². The van der Waals surface area contributed by atoms with E-state index in [1.807, 2.05) is 0 Å². The average Bonchev–Trinajstić information content (AvgIpc) is 2.28. The van der Waals surface area contributed by atoms with Gasteiger partial charge in [-0.25, -0.2) is 0 Å². The van der Waals surface area contributed by atoms with Crippen LogP contribution in [0.15, 0.2) is 18.2 Å². The van der Waals surface area contributed by atoms with Gasteiger partial charge in [0.1, 0.15) is 5.75 Å². The second kappa shape index (κ2) is 5.47. The standard InChI is InChI=1S/C17H25BrO/c1-13-10-14(16(2,3)4)6-7-15(13)19-12-17(11-18)8-5-9-17/h6-7,10H,5,8-9,11-12H2,1-4H3. The van der Waals surface area contributed by atoms with Crippen molar-refractivity contribution in [2.75, 3.05) is 11.9 Å². The van der Waals surface area contributed by atoms with E-state index in [0.717, 1.165) is 17.7 Å². The Kier molecular flexibility index (Phi) is 4.29. The zero-order chi connectivity index (χ0) is 14.1. The van der Waals surface area contributed by atoms with Gasteiger partial charge in [0.25, 0.3) is 0 Å². The number of benzene rings is 1. The maximum atomic E-state index is 6.07. The number of hydrogen-bond acceptors (Lipinski definition) is 1. The molecule has 0 aliphatic heterocycles. The van der Waals surface area contributed by atoms with E-state index in [0.29, 0.717) is 5.41 Å². The van der Waals surface area contributed by atoms with Crippen molar-refractivity contribution < 1.29 is 4.74 Å². The van der Waals surface area contributed by atoms with Gasteiger partial charge in [0.2, 0.25) is 0 Å². The van der Waals surface area contributed by atoms with Gasteiger partial charge in [-0.2, -0.15) is 0 Å².